The van der Waals surface area contributed by atoms with Crippen LogP contribution in [0.1, 0.15) is 18.2 Å². The van der Waals surface area contributed by atoms with E-state index in [0.717, 1.165) is 24.2 Å². The van der Waals surface area contributed by atoms with Gasteiger partial charge in [0.05, 0.1) is 0 Å². The lowest BCUT2D eigenvalue weighted by molar-refractivity contribution is 0.245. The molecule has 0 aliphatic carbocycles. The predicted molar refractivity (Wildman–Crippen MR) is 83.4 cm³/mol. The first kappa shape index (κ1) is 13.6. The van der Waals surface area contributed by atoms with Crippen LogP contribution in [0.2, 0.25) is 0 Å². The summed E-state index contributed by atoms with van der Waals surface area (Å²) in [4.78, 5) is 18.5. The maximum atomic E-state index is 12.4. The highest BCUT2D eigenvalue weighted by Crippen LogP contribution is 2.31. The van der Waals surface area contributed by atoms with Crippen molar-refractivity contribution in [1.29, 1.82) is 0 Å². The first-order valence-corrected chi connectivity index (χ1v) is 7.30. The lowest BCUT2D eigenvalue weighted by Crippen LogP contribution is -2.43. The largest absolute Gasteiger partial charge is 0.337 e. The highest BCUT2D eigenvalue weighted by atomic mass is 16.2. The number of carbonyl (C=O) groups excluding carboxylic acids is 1. The number of fused-ring (bicyclic) bond motifs is 1. The fraction of sp³-hybridized carbons (Fsp3) is 0.294. The Labute approximate surface area is 124 Å². The van der Waals surface area contributed by atoms with E-state index in [-0.39, 0.29) is 12.1 Å². The Morgan fingerprint density at radius 1 is 1.29 bits per heavy atom. The quantitative estimate of drug-likeness (QED) is 0.940. The lowest BCUT2D eigenvalue weighted by atomic mass is 10.1. The van der Waals surface area contributed by atoms with Crippen LogP contribution in [0.4, 0.5) is 10.5 Å². The predicted octanol–water partition coefficient (Wildman–Crippen LogP) is 2.78. The van der Waals surface area contributed by atoms with E-state index in [9.17, 15) is 4.79 Å². The van der Waals surface area contributed by atoms with Gasteiger partial charge in [-0.05, 0) is 37.1 Å². The monoisotopic (exact) mass is 281 g/mol. The van der Waals surface area contributed by atoms with Gasteiger partial charge in [-0.25, -0.2) is 4.79 Å². The molecule has 1 aromatic carbocycles. The van der Waals surface area contributed by atoms with Crippen molar-refractivity contribution in [2.45, 2.75) is 25.8 Å². The van der Waals surface area contributed by atoms with E-state index in [0.29, 0.717) is 6.54 Å². The Kier molecular flexibility index (Phi) is 3.86. The van der Waals surface area contributed by atoms with Crippen LogP contribution in [0.3, 0.4) is 0 Å². The van der Waals surface area contributed by atoms with Gasteiger partial charge in [0.2, 0.25) is 0 Å². The Hall–Kier alpha value is -2.36. The summed E-state index contributed by atoms with van der Waals surface area (Å²) in [6.45, 7) is 2.68. The lowest BCUT2D eigenvalue weighted by Gasteiger charge is -2.23. The molecular weight excluding hydrogens is 262 g/mol. The number of urea groups is 1. The number of nitrogens with one attached hydrogen (secondary N) is 1. The van der Waals surface area contributed by atoms with Crippen LogP contribution >= 0.6 is 0 Å². The topological polar surface area (TPSA) is 45.2 Å². The third-order valence-corrected chi connectivity index (χ3v) is 3.81. The number of carbonyl (C=O) groups is 1. The van der Waals surface area contributed by atoms with Gasteiger partial charge in [-0.1, -0.05) is 24.3 Å². The molecule has 1 aromatic heterocycles. The van der Waals surface area contributed by atoms with Crippen molar-refractivity contribution in [2.24, 2.45) is 0 Å². The zero-order valence-corrected chi connectivity index (χ0v) is 12.1. The first-order chi connectivity index (χ1) is 10.3. The van der Waals surface area contributed by atoms with Crippen LogP contribution in [0, 0.1) is 0 Å². The minimum Gasteiger partial charge on any atom is -0.337 e. The molecule has 0 spiro atoms. The third-order valence-electron chi connectivity index (χ3n) is 3.81. The van der Waals surface area contributed by atoms with Crippen molar-refractivity contribution in [3.8, 4) is 0 Å². The molecule has 4 heteroatoms. The second kappa shape index (κ2) is 5.95. The summed E-state index contributed by atoms with van der Waals surface area (Å²) in [5.74, 6) is 0. The number of rotatable bonds is 3. The van der Waals surface area contributed by atoms with E-state index in [4.69, 9.17) is 0 Å². The Morgan fingerprint density at radius 2 is 2.10 bits per heavy atom. The van der Waals surface area contributed by atoms with Crippen molar-refractivity contribution in [3.05, 3.63) is 59.9 Å². The number of amides is 2. The van der Waals surface area contributed by atoms with Crippen LogP contribution in [0.5, 0.6) is 0 Å². The Morgan fingerprint density at radius 3 is 2.90 bits per heavy atom. The molecule has 1 unspecified atom stereocenters. The Bertz CT molecular complexity index is 627. The van der Waals surface area contributed by atoms with Gasteiger partial charge < -0.3 is 5.32 Å². The molecule has 1 N–H and O–H groups in total. The van der Waals surface area contributed by atoms with Crippen LogP contribution in [0.25, 0.3) is 0 Å². The molecule has 0 radical (unpaired) electrons. The van der Waals surface area contributed by atoms with Crippen LogP contribution in [-0.2, 0) is 12.8 Å². The van der Waals surface area contributed by atoms with E-state index < -0.39 is 0 Å². The molecule has 0 fully saturated rings. The fourth-order valence-corrected chi connectivity index (χ4v) is 2.80. The molecule has 3 rings (SSSR count). The molecule has 21 heavy (non-hydrogen) atoms. The molecule has 4 nitrogen and oxygen atoms in total. The van der Waals surface area contributed by atoms with Crippen LogP contribution in [-0.4, -0.2) is 23.6 Å². The van der Waals surface area contributed by atoms with Gasteiger partial charge >= 0.3 is 6.03 Å². The normalized spacial score (nSPS) is 16.6. The molecule has 1 aliphatic rings. The summed E-state index contributed by atoms with van der Waals surface area (Å²) in [6.07, 6.45) is 3.44. The molecule has 108 valence electrons. The van der Waals surface area contributed by atoms with E-state index in [1.807, 2.05) is 41.3 Å². The smallest absolute Gasteiger partial charge is 0.322 e. The van der Waals surface area contributed by atoms with Gasteiger partial charge in [-0.2, -0.15) is 0 Å². The van der Waals surface area contributed by atoms with E-state index in [1.54, 1.807) is 6.20 Å². The molecule has 1 atom stereocenters. The molecule has 0 bridgehead atoms. The summed E-state index contributed by atoms with van der Waals surface area (Å²) < 4.78 is 0. The van der Waals surface area contributed by atoms with Crippen LogP contribution in [0.15, 0.2) is 48.7 Å². The molecule has 2 amide bonds. The number of nitrogens with zero attached hydrogens (tertiary/aromatic N) is 2. The number of hydrogen-bond acceptors (Lipinski definition) is 2. The highest BCUT2D eigenvalue weighted by molar-refractivity contribution is 5.94. The number of benzene rings is 1. The van der Waals surface area contributed by atoms with E-state index >= 15 is 0 Å². The summed E-state index contributed by atoms with van der Waals surface area (Å²) >= 11 is 0. The van der Waals surface area contributed by atoms with Crippen molar-refractivity contribution in [3.63, 3.8) is 0 Å². The van der Waals surface area contributed by atoms with E-state index in [2.05, 4.69) is 23.3 Å². The van der Waals surface area contributed by atoms with Gasteiger partial charge in [0.25, 0.3) is 0 Å². The van der Waals surface area contributed by atoms with Crippen molar-refractivity contribution >= 4 is 11.7 Å². The number of para-hydroxylation sites is 1. The second-order valence-corrected chi connectivity index (χ2v) is 5.35. The first-order valence-electron chi connectivity index (χ1n) is 7.30. The van der Waals surface area contributed by atoms with Crippen molar-refractivity contribution < 1.29 is 4.79 Å². The van der Waals surface area contributed by atoms with E-state index in [1.165, 1.54) is 5.56 Å². The summed E-state index contributed by atoms with van der Waals surface area (Å²) in [5, 5.41) is 2.99. The number of hydrogen-bond donors (Lipinski definition) is 1. The zero-order valence-electron chi connectivity index (χ0n) is 12.1. The summed E-state index contributed by atoms with van der Waals surface area (Å²) in [6, 6.07) is 14.1. The second-order valence-electron chi connectivity index (χ2n) is 5.35. The summed E-state index contributed by atoms with van der Waals surface area (Å²) in [5.41, 5.74) is 3.26. The molecule has 0 saturated carbocycles. The SMILES string of the molecule is CC1Cc2ccccc2N1C(=O)NCCc1ccccn1. The number of anilines is 1. The number of aromatic nitrogens is 1. The minimum absolute atomic E-state index is 0.0246. The average Bonchev–Trinajstić information content (AvgIpc) is 2.84. The highest BCUT2D eigenvalue weighted by Gasteiger charge is 2.30. The van der Waals surface area contributed by atoms with Gasteiger partial charge in [-0.3, -0.25) is 9.88 Å². The molecule has 1 aliphatic heterocycles. The summed E-state index contributed by atoms with van der Waals surface area (Å²) in [7, 11) is 0. The van der Waals surface area contributed by atoms with Crippen molar-refractivity contribution in [1.82, 2.24) is 10.3 Å². The zero-order chi connectivity index (χ0) is 14.7. The maximum absolute atomic E-state index is 12.4. The van der Waals surface area contributed by atoms with Gasteiger partial charge in [-0.15, -0.1) is 0 Å². The minimum atomic E-state index is -0.0246. The van der Waals surface area contributed by atoms with Gasteiger partial charge in [0.15, 0.2) is 0 Å². The molecule has 2 aromatic rings. The average molecular weight is 281 g/mol. The van der Waals surface area contributed by atoms with Gasteiger partial charge in [0.1, 0.15) is 0 Å². The molecular formula is C17H19N3O. The van der Waals surface area contributed by atoms with Gasteiger partial charge in [0, 0.05) is 36.6 Å². The maximum Gasteiger partial charge on any atom is 0.322 e. The number of pyridine rings is 1. The Balaban J connectivity index is 1.61. The van der Waals surface area contributed by atoms with Crippen molar-refractivity contribution in [2.75, 3.05) is 11.4 Å². The third kappa shape index (κ3) is 2.89. The fourth-order valence-electron chi connectivity index (χ4n) is 2.80. The standard InChI is InChI=1S/C17H19N3O/c1-13-12-14-6-2-3-8-16(14)20(13)17(21)19-11-9-15-7-4-5-10-18-15/h2-8,10,13H,9,11-12H2,1H3,(H,19,21). The molecule has 0 saturated heterocycles. The van der Waals surface area contributed by atoms with Crippen LogP contribution < -0.4 is 10.2 Å². The molecule has 2 heterocycles.